The van der Waals surface area contributed by atoms with E-state index in [1.54, 1.807) is 0 Å². The van der Waals surface area contributed by atoms with Gasteiger partial charge in [0.2, 0.25) is 0 Å². The molecule has 1 aromatic rings. The molecular weight excluding hydrogens is 366 g/mol. The van der Waals surface area contributed by atoms with E-state index in [9.17, 15) is 28.8 Å². The third kappa shape index (κ3) is 5.01. The normalized spacial score (nSPS) is 9.78. The zero-order chi connectivity index (χ0) is 20.6. The van der Waals surface area contributed by atoms with Crippen molar-refractivity contribution in [3.05, 3.63) is 69.4 Å². The van der Waals surface area contributed by atoms with Gasteiger partial charge in [-0.3, -0.25) is 0 Å². The Morgan fingerprint density at radius 3 is 1.59 bits per heavy atom. The fraction of sp³-hybridized carbons (Fsp3) is 0.200. The number of aromatic nitrogens is 3. The van der Waals surface area contributed by atoms with Gasteiger partial charge in [0.05, 0.1) is 0 Å². The summed E-state index contributed by atoms with van der Waals surface area (Å²) in [5.41, 5.74) is -4.16. The summed E-state index contributed by atoms with van der Waals surface area (Å²) >= 11 is 0. The van der Waals surface area contributed by atoms with Crippen molar-refractivity contribution in [2.45, 2.75) is 13.5 Å². The molecule has 0 fully saturated rings. The molecule has 0 atom stereocenters. The number of esters is 2. The van der Waals surface area contributed by atoms with Gasteiger partial charge in [0.1, 0.15) is 6.61 Å². The minimum Gasteiger partial charge on any atom is -0.444 e. The lowest BCUT2D eigenvalue weighted by Gasteiger charge is -2.12. The van der Waals surface area contributed by atoms with Crippen molar-refractivity contribution < 1.29 is 28.6 Å². The molecule has 27 heavy (non-hydrogen) atoms. The Labute approximate surface area is 150 Å². The highest BCUT2D eigenvalue weighted by Crippen LogP contribution is 1.87. The third-order valence-electron chi connectivity index (χ3n) is 2.82. The van der Waals surface area contributed by atoms with E-state index in [2.05, 4.69) is 33.9 Å². The molecule has 12 nitrogen and oxygen atoms in total. The Kier molecular flexibility index (Phi) is 7.42. The van der Waals surface area contributed by atoms with E-state index < -0.39 is 48.6 Å². The van der Waals surface area contributed by atoms with Crippen molar-refractivity contribution in [1.29, 1.82) is 0 Å². The SMILES string of the molecule is C=CCOC(=O)n1c(=O)n(COC(=O)C=C)c(=O)n(COC(=O)C=C)c1=O. The standard InChI is InChI=1S/C15H15N3O9/c1-4-7-25-15(24)18-13(22)16(8-26-10(19)5-2)12(21)17(14(18)23)9-27-11(20)6-3/h4-6H,1-3,7-9H2. The van der Waals surface area contributed by atoms with Crippen molar-refractivity contribution in [3.63, 3.8) is 0 Å². The first-order valence-electron chi connectivity index (χ1n) is 7.11. The van der Waals surface area contributed by atoms with Gasteiger partial charge in [-0.1, -0.05) is 25.8 Å². The van der Waals surface area contributed by atoms with Crippen molar-refractivity contribution in [2.24, 2.45) is 0 Å². The quantitative estimate of drug-likeness (QED) is 0.232. The van der Waals surface area contributed by atoms with Crippen molar-refractivity contribution >= 4 is 18.0 Å². The molecule has 0 spiro atoms. The van der Waals surface area contributed by atoms with E-state index >= 15 is 0 Å². The van der Waals surface area contributed by atoms with Gasteiger partial charge >= 0.3 is 35.1 Å². The fourth-order valence-corrected chi connectivity index (χ4v) is 1.58. The maximum absolute atomic E-state index is 12.3. The van der Waals surface area contributed by atoms with E-state index in [1.165, 1.54) is 6.08 Å². The molecule has 0 saturated heterocycles. The van der Waals surface area contributed by atoms with Crippen LogP contribution in [-0.2, 0) is 37.3 Å². The van der Waals surface area contributed by atoms with Crippen molar-refractivity contribution in [1.82, 2.24) is 13.7 Å². The predicted octanol–water partition coefficient (Wildman–Crippen LogP) is -1.28. The van der Waals surface area contributed by atoms with Crippen LogP contribution in [0.5, 0.6) is 0 Å². The molecule has 0 unspecified atom stereocenters. The minimum absolute atomic E-state index is 0.0333. The summed E-state index contributed by atoms with van der Waals surface area (Å²) in [5.74, 6) is -1.95. The second-order valence-corrected chi connectivity index (χ2v) is 4.50. The van der Waals surface area contributed by atoms with E-state index in [4.69, 9.17) is 0 Å². The molecule has 0 aliphatic rings. The van der Waals surface area contributed by atoms with Crippen LogP contribution < -0.4 is 17.1 Å². The second kappa shape index (κ2) is 9.50. The lowest BCUT2D eigenvalue weighted by atomic mass is 10.6. The van der Waals surface area contributed by atoms with Crippen LogP contribution in [0.2, 0.25) is 0 Å². The molecule has 0 aromatic carbocycles. The Hall–Kier alpha value is -3.96. The van der Waals surface area contributed by atoms with E-state index in [0.717, 1.165) is 12.2 Å². The number of carbonyl (C=O) groups excluding carboxylic acids is 3. The molecule has 0 amide bonds. The van der Waals surface area contributed by atoms with Crippen LogP contribution in [0.3, 0.4) is 0 Å². The fourth-order valence-electron chi connectivity index (χ4n) is 1.58. The van der Waals surface area contributed by atoms with Crippen LogP contribution in [0.4, 0.5) is 4.79 Å². The van der Waals surface area contributed by atoms with Crippen LogP contribution in [0.1, 0.15) is 0 Å². The zero-order valence-corrected chi connectivity index (χ0v) is 14.0. The monoisotopic (exact) mass is 381 g/mol. The summed E-state index contributed by atoms with van der Waals surface area (Å²) in [6.45, 7) is 7.36. The molecule has 0 N–H and O–H groups in total. The number of hydrogen-bond acceptors (Lipinski definition) is 9. The highest BCUT2D eigenvalue weighted by Gasteiger charge is 2.22. The average Bonchev–Trinajstić information content (AvgIpc) is 2.65. The summed E-state index contributed by atoms with van der Waals surface area (Å²) < 4.78 is 14.2. The predicted molar refractivity (Wildman–Crippen MR) is 88.7 cm³/mol. The van der Waals surface area contributed by atoms with Crippen molar-refractivity contribution in [2.75, 3.05) is 6.61 Å². The first-order chi connectivity index (χ1) is 12.8. The topological polar surface area (TPSA) is 145 Å². The Morgan fingerprint density at radius 2 is 1.22 bits per heavy atom. The van der Waals surface area contributed by atoms with Gasteiger partial charge in [-0.25, -0.2) is 37.9 Å². The molecule has 0 bridgehead atoms. The lowest BCUT2D eigenvalue weighted by Crippen LogP contribution is -2.57. The number of rotatable bonds is 8. The molecule has 0 aliphatic heterocycles. The van der Waals surface area contributed by atoms with E-state index in [1.807, 2.05) is 0 Å². The molecule has 144 valence electrons. The second-order valence-electron chi connectivity index (χ2n) is 4.50. The Morgan fingerprint density at radius 1 is 0.778 bits per heavy atom. The number of hydrogen-bond donors (Lipinski definition) is 0. The largest absolute Gasteiger partial charge is 0.444 e. The van der Waals surface area contributed by atoms with Gasteiger partial charge in [0, 0.05) is 12.2 Å². The molecule has 12 heteroatoms. The number of ether oxygens (including phenoxy) is 3. The average molecular weight is 381 g/mol. The molecular formula is C15H15N3O9. The van der Waals surface area contributed by atoms with Gasteiger partial charge in [0.25, 0.3) is 0 Å². The highest BCUT2D eigenvalue weighted by atomic mass is 16.6. The van der Waals surface area contributed by atoms with Gasteiger partial charge in [-0.2, -0.15) is 0 Å². The van der Waals surface area contributed by atoms with Gasteiger partial charge in [-0.05, 0) is 0 Å². The third-order valence-corrected chi connectivity index (χ3v) is 2.82. The first-order valence-corrected chi connectivity index (χ1v) is 7.11. The van der Waals surface area contributed by atoms with Gasteiger partial charge in [-0.15, -0.1) is 4.57 Å². The molecule has 1 rings (SSSR count). The molecule has 0 saturated carbocycles. The maximum Gasteiger partial charge on any atom is 0.426 e. The Bertz CT molecular complexity index is 902. The van der Waals surface area contributed by atoms with E-state index in [0.29, 0.717) is 0 Å². The van der Waals surface area contributed by atoms with Crippen LogP contribution in [0, 0.1) is 0 Å². The van der Waals surface area contributed by atoms with Gasteiger partial charge in [0.15, 0.2) is 13.5 Å². The first kappa shape index (κ1) is 21.1. The molecule has 0 aliphatic carbocycles. The number of carbonyl (C=O) groups is 3. The van der Waals surface area contributed by atoms with Crippen LogP contribution in [-0.4, -0.2) is 38.3 Å². The van der Waals surface area contributed by atoms with Gasteiger partial charge < -0.3 is 14.2 Å². The van der Waals surface area contributed by atoms with Crippen LogP contribution in [0.25, 0.3) is 0 Å². The summed E-state index contributed by atoms with van der Waals surface area (Å²) in [4.78, 5) is 71.2. The lowest BCUT2D eigenvalue weighted by molar-refractivity contribution is -0.141. The van der Waals surface area contributed by atoms with Crippen LogP contribution in [0.15, 0.2) is 52.3 Å². The summed E-state index contributed by atoms with van der Waals surface area (Å²) in [7, 11) is 0. The Balaban J connectivity index is 3.54. The van der Waals surface area contributed by atoms with E-state index in [-0.39, 0.29) is 20.3 Å². The van der Waals surface area contributed by atoms with Crippen molar-refractivity contribution in [3.8, 4) is 0 Å². The summed E-state index contributed by atoms with van der Waals surface area (Å²) in [6, 6.07) is 0. The highest BCUT2D eigenvalue weighted by molar-refractivity contribution is 5.81. The summed E-state index contributed by atoms with van der Waals surface area (Å²) in [5, 5.41) is 0. The van der Waals surface area contributed by atoms with Crippen LogP contribution >= 0.6 is 0 Å². The maximum atomic E-state index is 12.3. The molecule has 0 radical (unpaired) electrons. The minimum atomic E-state index is -1.43. The number of nitrogens with zero attached hydrogens (tertiary/aromatic N) is 3. The molecule has 1 heterocycles. The molecule has 1 aromatic heterocycles. The smallest absolute Gasteiger partial charge is 0.426 e. The zero-order valence-electron chi connectivity index (χ0n) is 14.0. The summed E-state index contributed by atoms with van der Waals surface area (Å²) in [6.07, 6.45) is 1.29.